The number of carbonyl (C=O) groups excluding carboxylic acids is 1. The second-order valence-corrected chi connectivity index (χ2v) is 6.72. The van der Waals surface area contributed by atoms with E-state index in [0.29, 0.717) is 5.56 Å². The van der Waals surface area contributed by atoms with Crippen LogP contribution >= 0.6 is 22.6 Å². The Morgan fingerprint density at radius 2 is 2.05 bits per heavy atom. The molecular formula is C11H14INO5S. The van der Waals surface area contributed by atoms with Gasteiger partial charge in [-0.05, 0) is 40.8 Å². The van der Waals surface area contributed by atoms with E-state index in [1.807, 2.05) is 19.0 Å². The van der Waals surface area contributed by atoms with Gasteiger partial charge in [-0.3, -0.25) is 4.55 Å². The molecule has 0 saturated carbocycles. The minimum atomic E-state index is -4.11. The van der Waals surface area contributed by atoms with Crippen LogP contribution in [0.25, 0.3) is 0 Å². The van der Waals surface area contributed by atoms with E-state index in [0.717, 1.165) is 9.26 Å². The van der Waals surface area contributed by atoms with Crippen LogP contribution in [-0.4, -0.2) is 45.4 Å². The van der Waals surface area contributed by atoms with E-state index in [9.17, 15) is 13.2 Å². The average molecular weight is 399 g/mol. The monoisotopic (exact) mass is 399 g/mol. The Labute approximate surface area is 125 Å². The summed E-state index contributed by atoms with van der Waals surface area (Å²) < 4.78 is 35.1. The number of carbonyl (C=O) groups is 1. The Hall–Kier alpha value is -0.870. The summed E-state index contributed by atoms with van der Waals surface area (Å²) in [6.07, 6.45) is 0. The number of rotatable bonds is 5. The van der Waals surface area contributed by atoms with E-state index < -0.39 is 21.8 Å². The van der Waals surface area contributed by atoms with Crippen molar-refractivity contribution < 1.29 is 22.5 Å². The molecule has 0 aliphatic heterocycles. The van der Waals surface area contributed by atoms with Gasteiger partial charge in [0.1, 0.15) is 12.4 Å². The van der Waals surface area contributed by atoms with Crippen LogP contribution in [0.15, 0.2) is 18.2 Å². The highest BCUT2D eigenvalue weighted by Crippen LogP contribution is 2.22. The van der Waals surface area contributed by atoms with E-state index in [4.69, 9.17) is 9.29 Å². The number of hydrogen-bond acceptors (Lipinski definition) is 5. The van der Waals surface area contributed by atoms with Crippen LogP contribution in [0, 0.1) is 3.57 Å². The van der Waals surface area contributed by atoms with Gasteiger partial charge in [-0.15, -0.1) is 0 Å². The first kappa shape index (κ1) is 16.2. The maximum Gasteiger partial charge on any atom is 0.338 e. The second kappa shape index (κ2) is 6.53. The van der Waals surface area contributed by atoms with Gasteiger partial charge < -0.3 is 9.64 Å². The van der Waals surface area contributed by atoms with Gasteiger partial charge in [0, 0.05) is 23.4 Å². The minimum absolute atomic E-state index is 0.338. The summed E-state index contributed by atoms with van der Waals surface area (Å²) in [6, 6.07) is 5.04. The van der Waals surface area contributed by atoms with E-state index >= 15 is 0 Å². The predicted molar refractivity (Wildman–Crippen MR) is 80.2 cm³/mol. The first-order valence-electron chi connectivity index (χ1n) is 5.30. The fourth-order valence-electron chi connectivity index (χ4n) is 1.32. The molecule has 0 aromatic heterocycles. The molecule has 8 heteroatoms. The number of nitrogens with zero attached hydrogens (tertiary/aromatic N) is 1. The Morgan fingerprint density at radius 1 is 1.42 bits per heavy atom. The number of esters is 1. The van der Waals surface area contributed by atoms with Gasteiger partial charge in [-0.1, -0.05) is 0 Å². The summed E-state index contributed by atoms with van der Waals surface area (Å²) in [5.41, 5.74) is 1.31. The molecule has 0 heterocycles. The molecule has 0 radical (unpaired) electrons. The van der Waals surface area contributed by atoms with Gasteiger partial charge in [0.05, 0.1) is 5.56 Å². The van der Waals surface area contributed by atoms with E-state index in [-0.39, 0.29) is 6.61 Å². The van der Waals surface area contributed by atoms with E-state index in [1.165, 1.54) is 0 Å². The quantitative estimate of drug-likeness (QED) is 0.458. The van der Waals surface area contributed by atoms with Crippen LogP contribution in [-0.2, 0) is 14.9 Å². The molecule has 1 rings (SSSR count). The average Bonchev–Trinajstić information content (AvgIpc) is 2.26. The van der Waals surface area contributed by atoms with Gasteiger partial charge in [0.15, 0.2) is 0 Å². The van der Waals surface area contributed by atoms with Crippen molar-refractivity contribution >= 4 is 44.4 Å². The number of hydrogen-bond donors (Lipinski definition) is 1. The number of halogens is 1. The van der Waals surface area contributed by atoms with Crippen LogP contribution < -0.4 is 4.90 Å². The lowest BCUT2D eigenvalue weighted by molar-refractivity contribution is 0.0528. The summed E-state index contributed by atoms with van der Waals surface area (Å²) in [5, 5.41) is 0. The zero-order valence-corrected chi connectivity index (χ0v) is 13.4. The number of benzene rings is 1. The third kappa shape index (κ3) is 5.33. The Kier molecular flexibility index (Phi) is 5.56. The van der Waals surface area contributed by atoms with Crippen molar-refractivity contribution in [1.29, 1.82) is 0 Å². The largest absolute Gasteiger partial charge is 0.461 e. The Balaban J connectivity index is 2.71. The normalized spacial score (nSPS) is 11.2. The minimum Gasteiger partial charge on any atom is -0.461 e. The van der Waals surface area contributed by atoms with E-state index in [2.05, 4.69) is 22.6 Å². The third-order valence-electron chi connectivity index (χ3n) is 2.24. The van der Waals surface area contributed by atoms with E-state index in [1.54, 1.807) is 18.2 Å². The topological polar surface area (TPSA) is 83.9 Å². The Bertz CT molecular complexity index is 570. The first-order chi connectivity index (χ1) is 8.70. The lowest BCUT2D eigenvalue weighted by Gasteiger charge is -2.15. The van der Waals surface area contributed by atoms with Crippen molar-refractivity contribution in [2.24, 2.45) is 0 Å². The van der Waals surface area contributed by atoms with Gasteiger partial charge in [0.2, 0.25) is 0 Å². The lowest BCUT2D eigenvalue weighted by atomic mass is 10.2. The predicted octanol–water partition coefficient (Wildman–Crippen LogP) is 1.40. The summed E-state index contributed by atoms with van der Waals surface area (Å²) in [5.74, 6) is -1.22. The summed E-state index contributed by atoms with van der Waals surface area (Å²) in [4.78, 5) is 13.6. The molecule has 19 heavy (non-hydrogen) atoms. The fourth-order valence-corrected chi connectivity index (χ4v) is 2.61. The van der Waals surface area contributed by atoms with Gasteiger partial charge in [-0.25, -0.2) is 4.79 Å². The van der Waals surface area contributed by atoms with Crippen molar-refractivity contribution in [3.8, 4) is 0 Å². The first-order valence-corrected chi connectivity index (χ1v) is 7.98. The molecule has 1 aromatic carbocycles. The zero-order valence-electron chi connectivity index (χ0n) is 10.5. The van der Waals surface area contributed by atoms with Gasteiger partial charge in [-0.2, -0.15) is 8.42 Å². The van der Waals surface area contributed by atoms with Crippen molar-refractivity contribution in [3.05, 3.63) is 27.3 Å². The highest BCUT2D eigenvalue weighted by atomic mass is 127. The second-order valence-electron chi connectivity index (χ2n) is 3.98. The molecule has 0 amide bonds. The maximum atomic E-state index is 11.6. The molecule has 0 unspecified atom stereocenters. The van der Waals surface area contributed by atoms with Crippen molar-refractivity contribution in [1.82, 2.24) is 0 Å². The van der Waals surface area contributed by atoms with Crippen molar-refractivity contribution in [2.75, 3.05) is 31.4 Å². The maximum absolute atomic E-state index is 11.6. The molecule has 0 saturated heterocycles. The van der Waals surface area contributed by atoms with Crippen LogP contribution in [0.4, 0.5) is 5.69 Å². The van der Waals surface area contributed by atoms with Crippen LogP contribution in [0.5, 0.6) is 0 Å². The van der Waals surface area contributed by atoms with Crippen LogP contribution in [0.3, 0.4) is 0 Å². The molecule has 0 fully saturated rings. The standard InChI is InChI=1S/C11H14INO5S/c1-13(2)10-4-3-8(7-9(10)12)11(14)18-5-6-19(15,16)17/h3-4,7H,5-6H2,1-2H3,(H,15,16,17). The molecule has 0 spiro atoms. The molecule has 0 aliphatic carbocycles. The number of anilines is 1. The van der Waals surface area contributed by atoms with Gasteiger partial charge in [0.25, 0.3) is 10.1 Å². The molecule has 0 aliphatic rings. The molecule has 106 valence electrons. The number of ether oxygens (including phenoxy) is 1. The summed E-state index contributed by atoms with van der Waals surface area (Å²) in [6.45, 7) is -0.371. The van der Waals surface area contributed by atoms with Crippen molar-refractivity contribution in [3.63, 3.8) is 0 Å². The highest BCUT2D eigenvalue weighted by Gasteiger charge is 2.12. The molecule has 0 atom stereocenters. The summed E-state index contributed by atoms with van der Waals surface area (Å²) in [7, 11) is -0.333. The van der Waals surface area contributed by atoms with Crippen LogP contribution in [0.2, 0.25) is 0 Å². The highest BCUT2D eigenvalue weighted by molar-refractivity contribution is 14.1. The third-order valence-corrected chi connectivity index (χ3v) is 3.79. The molecule has 0 bridgehead atoms. The molecule has 1 aromatic rings. The molecule has 6 nitrogen and oxygen atoms in total. The fraction of sp³-hybridized carbons (Fsp3) is 0.364. The summed E-state index contributed by atoms with van der Waals surface area (Å²) >= 11 is 2.10. The van der Waals surface area contributed by atoms with Crippen molar-refractivity contribution in [2.45, 2.75) is 0 Å². The van der Waals surface area contributed by atoms with Crippen LogP contribution in [0.1, 0.15) is 10.4 Å². The lowest BCUT2D eigenvalue weighted by Crippen LogP contribution is -2.15. The SMILES string of the molecule is CN(C)c1ccc(C(=O)OCCS(=O)(=O)O)cc1I. The molecule has 1 N–H and O–H groups in total. The zero-order chi connectivity index (χ0) is 14.6. The Morgan fingerprint density at radius 3 is 2.53 bits per heavy atom. The smallest absolute Gasteiger partial charge is 0.338 e. The van der Waals surface area contributed by atoms with Gasteiger partial charge >= 0.3 is 5.97 Å². The molecular weight excluding hydrogens is 385 g/mol.